The quantitative estimate of drug-likeness (QED) is 0.175. The van der Waals surface area contributed by atoms with Gasteiger partial charge in [0.1, 0.15) is 48.8 Å². The van der Waals surface area contributed by atoms with Crippen LogP contribution in [0.5, 0.6) is 0 Å². The number of aliphatic hydroxyl groups excluding tert-OH is 7. The van der Waals surface area contributed by atoms with Gasteiger partial charge in [0.15, 0.2) is 12.6 Å². The number of carboxylic acid groups (broad SMARTS) is 1. The number of allylic oxidation sites excluding steroid dienone is 5. The molecule has 5 aliphatic carbocycles. The molecule has 13 heteroatoms. The van der Waals surface area contributed by atoms with Crippen molar-refractivity contribution in [3.05, 3.63) is 34.9 Å². The zero-order valence-electron chi connectivity index (χ0n) is 33.3. The summed E-state index contributed by atoms with van der Waals surface area (Å²) in [6.45, 7) is 14.5. The Morgan fingerprint density at radius 2 is 1.44 bits per heavy atom. The first-order valence-electron chi connectivity index (χ1n) is 20.3. The van der Waals surface area contributed by atoms with Crippen LogP contribution in [0, 0.1) is 44.8 Å². The fraction of sp³-hybridized carbons (Fsp3) is 0.833. The molecule has 2 saturated carbocycles. The van der Waals surface area contributed by atoms with E-state index in [1.54, 1.807) is 0 Å². The highest BCUT2D eigenvalue weighted by atomic mass is 16.7. The lowest BCUT2D eigenvalue weighted by atomic mass is 9.34. The number of carboxylic acids is 1. The summed E-state index contributed by atoms with van der Waals surface area (Å²) < 4.78 is 23.7. The highest BCUT2D eigenvalue weighted by Crippen LogP contribution is 2.75. The van der Waals surface area contributed by atoms with Crippen LogP contribution in [0.2, 0.25) is 0 Å². The molecule has 2 heterocycles. The molecule has 2 saturated heterocycles. The molecule has 8 N–H and O–H groups in total. The molecule has 18 atom stereocenters. The minimum absolute atomic E-state index is 0.0795. The van der Waals surface area contributed by atoms with E-state index in [0.29, 0.717) is 12.8 Å². The molecule has 0 amide bonds. The average Bonchev–Trinajstić information content (AvgIpc) is 3.13. The summed E-state index contributed by atoms with van der Waals surface area (Å²) in [7, 11) is 0. The number of ether oxygens (including phenoxy) is 4. The van der Waals surface area contributed by atoms with Crippen LogP contribution in [-0.4, -0.2) is 128 Å². The Balaban J connectivity index is 1.12. The predicted octanol–water partition coefficient (Wildman–Crippen LogP) is 2.58. The molecule has 0 aromatic carbocycles. The Morgan fingerprint density at radius 1 is 0.800 bits per heavy atom. The predicted molar refractivity (Wildman–Crippen MR) is 198 cm³/mol. The van der Waals surface area contributed by atoms with Crippen molar-refractivity contribution >= 4 is 5.97 Å². The molecule has 0 radical (unpaired) electrons. The number of fused-ring (bicyclic) bond motifs is 7. The summed E-state index contributed by atoms with van der Waals surface area (Å²) in [4.78, 5) is 13.0. The van der Waals surface area contributed by atoms with Gasteiger partial charge in [0.2, 0.25) is 0 Å². The van der Waals surface area contributed by atoms with Gasteiger partial charge in [-0.3, -0.25) is 4.79 Å². The van der Waals surface area contributed by atoms with Crippen molar-refractivity contribution in [1.82, 2.24) is 0 Å². The van der Waals surface area contributed by atoms with Crippen LogP contribution in [-0.2, 0) is 23.7 Å². The Labute approximate surface area is 324 Å². The van der Waals surface area contributed by atoms with Crippen LogP contribution in [0.3, 0.4) is 0 Å². The van der Waals surface area contributed by atoms with E-state index >= 15 is 0 Å². The lowest BCUT2D eigenvalue weighted by Crippen LogP contribution is -2.66. The minimum atomic E-state index is -1.75. The van der Waals surface area contributed by atoms with Gasteiger partial charge in [0.05, 0.1) is 24.7 Å². The van der Waals surface area contributed by atoms with Gasteiger partial charge >= 0.3 is 5.97 Å². The normalized spacial score (nSPS) is 52.0. The molecular weight excluding hydrogens is 712 g/mol. The van der Waals surface area contributed by atoms with Crippen molar-refractivity contribution in [2.24, 2.45) is 44.8 Å². The largest absolute Gasteiger partial charge is 0.481 e. The van der Waals surface area contributed by atoms with E-state index < -0.39 is 97.5 Å². The molecule has 0 aromatic rings. The minimum Gasteiger partial charge on any atom is -0.481 e. The SMILES string of the molecule is CC1=C(C)C2C3=CCC4C5(C)C=CC(OC6OC(CO)C(OC7OC(CO)C(O)C(O)C7O)C(O)C6O)C(C)(C)C5CCC4(C)C3(C)CCC2(C(=O)O)CC1. The van der Waals surface area contributed by atoms with Gasteiger partial charge in [0.25, 0.3) is 0 Å². The van der Waals surface area contributed by atoms with E-state index in [1.165, 1.54) is 16.7 Å². The Bertz CT molecular complexity index is 1590. The number of hydrogen-bond donors (Lipinski definition) is 8. The molecule has 7 rings (SSSR count). The third kappa shape index (κ3) is 5.92. The summed E-state index contributed by atoms with van der Waals surface area (Å²) >= 11 is 0. The van der Waals surface area contributed by atoms with Gasteiger partial charge in [-0.1, -0.05) is 69.6 Å². The monoisotopic (exact) mass is 776 g/mol. The summed E-state index contributed by atoms with van der Waals surface area (Å²) in [6, 6.07) is 0. The second-order valence-corrected chi connectivity index (χ2v) is 19.3. The van der Waals surface area contributed by atoms with Gasteiger partial charge in [-0.2, -0.15) is 0 Å². The number of rotatable bonds is 7. The molecule has 2 aliphatic heterocycles. The first kappa shape index (κ1) is 41.4. The van der Waals surface area contributed by atoms with Crippen LogP contribution < -0.4 is 0 Å². The zero-order valence-corrected chi connectivity index (χ0v) is 33.3. The molecule has 55 heavy (non-hydrogen) atoms. The molecular formula is C42H64O13. The summed E-state index contributed by atoms with van der Waals surface area (Å²) in [6.07, 6.45) is -3.25. The Morgan fingerprint density at radius 3 is 2.09 bits per heavy atom. The Kier molecular flexibility index (Phi) is 10.7. The van der Waals surface area contributed by atoms with Gasteiger partial charge in [0, 0.05) is 5.92 Å². The van der Waals surface area contributed by atoms with Crippen LogP contribution >= 0.6 is 0 Å². The third-order valence-electron chi connectivity index (χ3n) is 16.6. The number of aliphatic hydroxyl groups is 7. The smallest absolute Gasteiger partial charge is 0.310 e. The lowest BCUT2D eigenvalue weighted by Gasteiger charge is -2.70. The second kappa shape index (κ2) is 14.2. The first-order valence-corrected chi connectivity index (χ1v) is 20.3. The molecule has 0 spiro atoms. The van der Waals surface area contributed by atoms with Crippen molar-refractivity contribution in [2.75, 3.05) is 13.2 Å². The van der Waals surface area contributed by atoms with E-state index in [1.807, 2.05) is 6.08 Å². The lowest BCUT2D eigenvalue weighted by molar-refractivity contribution is -0.364. The van der Waals surface area contributed by atoms with Crippen molar-refractivity contribution in [2.45, 2.75) is 161 Å². The maximum absolute atomic E-state index is 13.0. The summed E-state index contributed by atoms with van der Waals surface area (Å²) in [5, 5.41) is 84.1. The molecule has 4 fully saturated rings. The maximum atomic E-state index is 13.0. The van der Waals surface area contributed by atoms with Crippen LogP contribution in [0.1, 0.15) is 93.4 Å². The van der Waals surface area contributed by atoms with E-state index in [-0.39, 0.29) is 34.0 Å². The molecule has 13 nitrogen and oxygen atoms in total. The maximum Gasteiger partial charge on any atom is 0.310 e. The average molecular weight is 777 g/mol. The van der Waals surface area contributed by atoms with Gasteiger partial charge < -0.3 is 59.8 Å². The van der Waals surface area contributed by atoms with E-state index in [0.717, 1.165) is 32.1 Å². The van der Waals surface area contributed by atoms with Gasteiger partial charge in [-0.25, -0.2) is 0 Å². The van der Waals surface area contributed by atoms with Crippen molar-refractivity contribution < 1.29 is 64.6 Å². The standard InChI is InChI=1S/C42H64O13/c1-20-10-15-42(37(50)51)17-16-40(6)22(28(42)21(20)2)8-9-26-39(5)13-12-27(38(3,4)25(39)11-14-41(26,40)7)54-35-33(49)31(47)34(24(19-44)53-35)55-36-32(48)30(46)29(45)23(18-43)52-36/h8,12-13,23-36,43-49H,9-11,14-19H2,1-7H3,(H,50,51). The summed E-state index contributed by atoms with van der Waals surface area (Å²) in [5.74, 6) is -0.291. The van der Waals surface area contributed by atoms with Crippen LogP contribution in [0.4, 0.5) is 0 Å². The Hall–Kier alpha value is -1.75. The number of aliphatic carboxylic acids is 1. The van der Waals surface area contributed by atoms with Crippen LogP contribution in [0.25, 0.3) is 0 Å². The van der Waals surface area contributed by atoms with E-state index in [2.05, 4.69) is 60.6 Å². The van der Waals surface area contributed by atoms with Crippen molar-refractivity contribution in [1.29, 1.82) is 0 Å². The van der Waals surface area contributed by atoms with Crippen LogP contribution in [0.15, 0.2) is 34.9 Å². The number of carbonyl (C=O) groups is 1. The molecule has 18 unspecified atom stereocenters. The highest BCUT2D eigenvalue weighted by molar-refractivity contribution is 5.78. The fourth-order valence-corrected chi connectivity index (χ4v) is 12.9. The molecule has 0 bridgehead atoms. The number of hydrogen-bond acceptors (Lipinski definition) is 12. The second-order valence-electron chi connectivity index (χ2n) is 19.3. The van der Waals surface area contributed by atoms with Crippen molar-refractivity contribution in [3.8, 4) is 0 Å². The van der Waals surface area contributed by atoms with Gasteiger partial charge in [-0.15, -0.1) is 0 Å². The molecule has 0 aromatic heterocycles. The van der Waals surface area contributed by atoms with E-state index in [9.17, 15) is 45.6 Å². The topological polar surface area (TPSA) is 216 Å². The van der Waals surface area contributed by atoms with Gasteiger partial charge in [-0.05, 0) is 92.3 Å². The van der Waals surface area contributed by atoms with E-state index in [4.69, 9.17) is 18.9 Å². The highest BCUT2D eigenvalue weighted by Gasteiger charge is 2.69. The molecule has 7 aliphatic rings. The third-order valence-corrected chi connectivity index (χ3v) is 16.6. The fourth-order valence-electron chi connectivity index (χ4n) is 12.9. The molecule has 310 valence electrons. The zero-order chi connectivity index (χ0) is 40.2. The van der Waals surface area contributed by atoms with Crippen molar-refractivity contribution in [3.63, 3.8) is 0 Å². The first-order chi connectivity index (χ1) is 25.7. The summed E-state index contributed by atoms with van der Waals surface area (Å²) in [5.41, 5.74) is 2.21.